The Bertz CT molecular complexity index is 951. The topological polar surface area (TPSA) is 54.6 Å². The zero-order valence-corrected chi connectivity index (χ0v) is 12.9. The molecule has 0 aliphatic carbocycles. The maximum atomic E-state index is 12.2. The molecule has 21 heavy (non-hydrogen) atoms. The van der Waals surface area contributed by atoms with Crippen molar-refractivity contribution in [2.24, 2.45) is 4.99 Å². The summed E-state index contributed by atoms with van der Waals surface area (Å²) in [6.07, 6.45) is 1.65. The molecule has 1 aromatic heterocycles. The largest absolute Gasteiger partial charge is 0.493 e. The van der Waals surface area contributed by atoms with Crippen molar-refractivity contribution in [2.45, 2.75) is 13.5 Å². The van der Waals surface area contributed by atoms with Crippen LogP contribution in [0.4, 0.5) is 0 Å². The molecule has 106 valence electrons. The Morgan fingerprint density at radius 3 is 3.00 bits per heavy atom. The first-order chi connectivity index (χ1) is 10.0. The number of hydrogen-bond acceptors (Lipinski definition) is 4. The highest BCUT2D eigenvalue weighted by Crippen LogP contribution is 2.32. The van der Waals surface area contributed by atoms with Gasteiger partial charge in [-0.05, 0) is 24.7 Å². The number of rotatable bonds is 3. The van der Waals surface area contributed by atoms with E-state index in [4.69, 9.17) is 12.2 Å². The summed E-state index contributed by atoms with van der Waals surface area (Å²) in [5.74, 6) is -0.339. The summed E-state index contributed by atoms with van der Waals surface area (Å²) in [6, 6.07) is 5.62. The lowest BCUT2D eigenvalue weighted by molar-refractivity contribution is -0.112. The number of benzene rings is 1. The van der Waals surface area contributed by atoms with Gasteiger partial charge in [0.15, 0.2) is 3.95 Å². The molecule has 0 saturated heterocycles. The van der Waals surface area contributed by atoms with Crippen molar-refractivity contribution in [3.63, 3.8) is 0 Å². The molecular weight excluding hydrogens is 304 g/mol. The van der Waals surface area contributed by atoms with E-state index in [-0.39, 0.29) is 11.8 Å². The number of amides is 1. The van der Waals surface area contributed by atoms with Crippen LogP contribution < -0.4 is 10.6 Å². The number of nitrogens with zero attached hydrogens (tertiary/aromatic N) is 2. The van der Waals surface area contributed by atoms with E-state index in [0.717, 1.165) is 10.8 Å². The summed E-state index contributed by atoms with van der Waals surface area (Å²) in [4.78, 5) is 16.8. The van der Waals surface area contributed by atoms with Crippen molar-refractivity contribution in [1.82, 2.24) is 4.57 Å². The van der Waals surface area contributed by atoms with Crippen LogP contribution in [0.1, 0.15) is 10.4 Å². The molecule has 2 heterocycles. The molecule has 2 aromatic rings. The first-order valence-corrected chi connectivity index (χ1v) is 7.54. The average Bonchev–Trinajstić information content (AvgIpc) is 2.91. The van der Waals surface area contributed by atoms with Gasteiger partial charge in [0, 0.05) is 11.8 Å². The van der Waals surface area contributed by atoms with Crippen molar-refractivity contribution >= 4 is 35.0 Å². The Morgan fingerprint density at radius 1 is 1.52 bits per heavy atom. The third-order valence-corrected chi connectivity index (χ3v) is 4.80. The SMILES string of the molecule is C=CCn1c(O)c(C2=c3cccc(C)c3=NC2=O)sc1=S. The molecule has 1 amide bonds. The molecular formula is C15H12N2O2S2. The predicted octanol–water partition coefficient (Wildman–Crippen LogP) is 1.84. The van der Waals surface area contributed by atoms with Crippen LogP contribution in [0.25, 0.3) is 5.57 Å². The zero-order chi connectivity index (χ0) is 15.1. The van der Waals surface area contributed by atoms with Gasteiger partial charge in [0.2, 0.25) is 5.88 Å². The molecule has 0 unspecified atom stereocenters. The van der Waals surface area contributed by atoms with Crippen LogP contribution >= 0.6 is 23.6 Å². The minimum atomic E-state index is -0.336. The van der Waals surface area contributed by atoms with Gasteiger partial charge < -0.3 is 5.11 Å². The lowest BCUT2D eigenvalue weighted by atomic mass is 10.1. The molecule has 0 atom stereocenters. The summed E-state index contributed by atoms with van der Waals surface area (Å²) >= 11 is 6.46. The van der Waals surface area contributed by atoms with Gasteiger partial charge in [0.25, 0.3) is 5.91 Å². The van der Waals surface area contributed by atoms with E-state index in [1.807, 2.05) is 25.1 Å². The van der Waals surface area contributed by atoms with Crippen LogP contribution in [0.2, 0.25) is 0 Å². The lowest BCUT2D eigenvalue weighted by Crippen LogP contribution is -2.25. The summed E-state index contributed by atoms with van der Waals surface area (Å²) in [5, 5.41) is 11.8. The van der Waals surface area contributed by atoms with Gasteiger partial charge in [0.05, 0.1) is 10.9 Å². The van der Waals surface area contributed by atoms with Crippen molar-refractivity contribution in [3.8, 4) is 5.88 Å². The first-order valence-electron chi connectivity index (χ1n) is 6.31. The van der Waals surface area contributed by atoms with E-state index in [9.17, 15) is 9.90 Å². The van der Waals surface area contributed by atoms with Crippen molar-refractivity contribution in [2.75, 3.05) is 0 Å². The Kier molecular flexibility index (Phi) is 3.35. The molecule has 1 N–H and O–H groups in total. The fourth-order valence-corrected chi connectivity index (χ4v) is 3.71. The van der Waals surface area contributed by atoms with Crippen LogP contribution in [-0.4, -0.2) is 15.6 Å². The summed E-state index contributed by atoms with van der Waals surface area (Å²) in [6.45, 7) is 5.95. The molecule has 1 aromatic carbocycles. The highest BCUT2D eigenvalue weighted by molar-refractivity contribution is 7.73. The number of carbonyl (C=O) groups is 1. The number of fused-ring (bicyclic) bond motifs is 1. The van der Waals surface area contributed by atoms with E-state index >= 15 is 0 Å². The Labute approximate surface area is 130 Å². The zero-order valence-electron chi connectivity index (χ0n) is 11.3. The van der Waals surface area contributed by atoms with Gasteiger partial charge in [-0.15, -0.1) is 17.9 Å². The van der Waals surface area contributed by atoms with E-state index in [1.165, 1.54) is 11.3 Å². The molecule has 3 rings (SSSR count). The van der Waals surface area contributed by atoms with Gasteiger partial charge in [-0.3, -0.25) is 9.36 Å². The minimum absolute atomic E-state index is 0.00203. The Hall–Kier alpha value is -2.05. The number of allylic oxidation sites excluding steroid dienone is 1. The normalized spacial score (nSPS) is 13.2. The van der Waals surface area contributed by atoms with E-state index in [2.05, 4.69) is 11.6 Å². The van der Waals surface area contributed by atoms with Gasteiger partial charge in [-0.1, -0.05) is 24.3 Å². The quantitative estimate of drug-likeness (QED) is 0.694. The molecule has 4 nitrogen and oxygen atoms in total. The fraction of sp³-hybridized carbons (Fsp3) is 0.133. The summed E-state index contributed by atoms with van der Waals surface area (Å²) in [7, 11) is 0. The number of aryl methyl sites for hydroxylation is 1. The standard InChI is InChI=1S/C15H12N2O2S2/c1-3-7-17-14(19)12(21-15(17)20)10-9-6-4-5-8(2)11(9)16-13(10)18/h3-6,19H,1,7H2,2H3. The molecule has 1 aliphatic heterocycles. The summed E-state index contributed by atoms with van der Waals surface area (Å²) < 4.78 is 2.06. The van der Waals surface area contributed by atoms with Crippen LogP contribution in [0.15, 0.2) is 35.8 Å². The Morgan fingerprint density at radius 2 is 2.29 bits per heavy atom. The van der Waals surface area contributed by atoms with Gasteiger partial charge in [-0.2, -0.15) is 0 Å². The molecule has 0 spiro atoms. The van der Waals surface area contributed by atoms with E-state index in [0.29, 0.717) is 26.3 Å². The first kappa shape index (κ1) is 13.9. The van der Waals surface area contributed by atoms with Crippen LogP contribution in [0, 0.1) is 10.9 Å². The highest BCUT2D eigenvalue weighted by Gasteiger charge is 2.25. The van der Waals surface area contributed by atoms with Crippen LogP contribution in [0.5, 0.6) is 5.88 Å². The van der Waals surface area contributed by atoms with Gasteiger partial charge in [-0.25, -0.2) is 4.99 Å². The maximum Gasteiger partial charge on any atom is 0.279 e. The van der Waals surface area contributed by atoms with Crippen molar-refractivity contribution in [1.29, 1.82) is 0 Å². The second-order valence-electron chi connectivity index (χ2n) is 4.68. The monoisotopic (exact) mass is 316 g/mol. The Balaban J connectivity index is 2.37. The second kappa shape index (κ2) is 5.05. The van der Waals surface area contributed by atoms with Crippen molar-refractivity contribution in [3.05, 3.63) is 55.8 Å². The number of carbonyl (C=O) groups excluding carboxylic acids is 1. The molecule has 0 saturated carbocycles. The number of thiazole rings is 1. The summed E-state index contributed by atoms with van der Waals surface area (Å²) in [5.41, 5.74) is 1.36. The maximum absolute atomic E-state index is 12.2. The highest BCUT2D eigenvalue weighted by atomic mass is 32.1. The van der Waals surface area contributed by atoms with E-state index < -0.39 is 0 Å². The molecule has 6 heteroatoms. The second-order valence-corrected chi connectivity index (χ2v) is 6.33. The molecule has 1 aliphatic rings. The van der Waals surface area contributed by atoms with Crippen molar-refractivity contribution < 1.29 is 9.90 Å². The molecule has 0 fully saturated rings. The number of aromatic hydroxyl groups is 1. The number of aromatic nitrogens is 1. The van der Waals surface area contributed by atoms with E-state index in [1.54, 1.807) is 10.6 Å². The molecule has 0 bridgehead atoms. The molecule has 0 radical (unpaired) electrons. The third-order valence-electron chi connectivity index (χ3n) is 3.34. The number of para-hydroxylation sites is 1. The van der Waals surface area contributed by atoms with Gasteiger partial charge >= 0.3 is 0 Å². The lowest BCUT2D eigenvalue weighted by Gasteiger charge is -2.01. The number of hydrogen-bond donors (Lipinski definition) is 1. The minimum Gasteiger partial charge on any atom is -0.493 e. The third kappa shape index (κ3) is 2.07. The van der Waals surface area contributed by atoms with Crippen LogP contribution in [-0.2, 0) is 11.3 Å². The van der Waals surface area contributed by atoms with Gasteiger partial charge in [0.1, 0.15) is 4.88 Å². The fourth-order valence-electron chi connectivity index (χ4n) is 2.35. The predicted molar refractivity (Wildman–Crippen MR) is 84.5 cm³/mol. The average molecular weight is 316 g/mol. The smallest absolute Gasteiger partial charge is 0.279 e. The van der Waals surface area contributed by atoms with Crippen LogP contribution in [0.3, 0.4) is 0 Å².